The van der Waals surface area contributed by atoms with Crippen molar-refractivity contribution in [1.29, 1.82) is 0 Å². The Labute approximate surface area is 215 Å². The number of carbonyl (C=O) groups is 2. The summed E-state index contributed by atoms with van der Waals surface area (Å²) < 4.78 is 8.42. The zero-order valence-electron chi connectivity index (χ0n) is 21.1. The number of para-hydroxylation sites is 1. The number of hydrogen-bond donors (Lipinski definition) is 0. The molecule has 0 radical (unpaired) electrons. The van der Waals surface area contributed by atoms with E-state index in [1.165, 1.54) is 4.57 Å². The second-order valence-corrected chi connectivity index (χ2v) is 9.32. The molecular weight excluding hydrogens is 468 g/mol. The van der Waals surface area contributed by atoms with Gasteiger partial charge in [0.05, 0.1) is 18.2 Å². The fraction of sp³-hybridized carbons (Fsp3) is 0.310. The first-order valence-corrected chi connectivity index (χ1v) is 12.7. The molecule has 190 valence electrons. The van der Waals surface area contributed by atoms with Gasteiger partial charge in [0.2, 0.25) is 5.91 Å². The van der Waals surface area contributed by atoms with Gasteiger partial charge < -0.3 is 9.64 Å². The van der Waals surface area contributed by atoms with Gasteiger partial charge in [0.1, 0.15) is 17.9 Å². The lowest BCUT2D eigenvalue weighted by atomic mass is 9.97. The van der Waals surface area contributed by atoms with Crippen molar-refractivity contribution < 1.29 is 14.3 Å². The Kier molecular flexibility index (Phi) is 6.90. The smallest absolute Gasteiger partial charge is 0.309 e. The first kappa shape index (κ1) is 24.5. The van der Waals surface area contributed by atoms with E-state index < -0.39 is 0 Å². The molecule has 3 heterocycles. The summed E-state index contributed by atoms with van der Waals surface area (Å²) in [4.78, 5) is 40.5. The number of aromatic nitrogens is 3. The van der Waals surface area contributed by atoms with Gasteiger partial charge in [-0.1, -0.05) is 48.5 Å². The van der Waals surface area contributed by atoms with Crippen molar-refractivity contribution in [2.24, 2.45) is 5.92 Å². The Morgan fingerprint density at radius 3 is 2.30 bits per heavy atom. The number of nitrogens with zero attached hydrogens (tertiary/aromatic N) is 4. The zero-order valence-corrected chi connectivity index (χ0v) is 21.1. The number of carbonyl (C=O) groups excluding carboxylic acids is 2. The van der Waals surface area contributed by atoms with E-state index >= 15 is 0 Å². The predicted molar refractivity (Wildman–Crippen MR) is 141 cm³/mol. The Balaban J connectivity index is 1.55. The van der Waals surface area contributed by atoms with Crippen LogP contribution >= 0.6 is 0 Å². The summed E-state index contributed by atoms with van der Waals surface area (Å²) in [6, 6.07) is 21.0. The standard InChI is InChI=1S/C29H30N4O4/c1-3-37-29(36)22-14-16-31(17-15-22)25(35)19-32-24(34)18-20(2)26-27(21-10-6-4-7-11-21)30-33(28(26)32)23-12-8-5-9-13-23/h4-13,18,22H,3,14-17,19H2,1-2H3. The fourth-order valence-corrected chi connectivity index (χ4v) is 5.02. The quantitative estimate of drug-likeness (QED) is 0.376. The topological polar surface area (TPSA) is 86.4 Å². The Morgan fingerprint density at radius 2 is 1.65 bits per heavy atom. The molecule has 2 aromatic heterocycles. The first-order valence-electron chi connectivity index (χ1n) is 12.7. The van der Waals surface area contributed by atoms with Crippen molar-refractivity contribution in [2.45, 2.75) is 33.2 Å². The van der Waals surface area contributed by atoms with Crippen LogP contribution in [0.15, 0.2) is 71.5 Å². The Morgan fingerprint density at radius 1 is 1.00 bits per heavy atom. The maximum atomic E-state index is 13.4. The Bertz CT molecular complexity index is 1480. The highest BCUT2D eigenvalue weighted by atomic mass is 16.5. The summed E-state index contributed by atoms with van der Waals surface area (Å²) in [5.41, 5.74) is 3.63. The van der Waals surface area contributed by atoms with Crippen LogP contribution in [0, 0.1) is 12.8 Å². The highest BCUT2D eigenvalue weighted by Gasteiger charge is 2.29. The van der Waals surface area contributed by atoms with Crippen LogP contribution in [-0.4, -0.2) is 50.8 Å². The molecule has 8 heteroatoms. The number of ether oxygens (including phenoxy) is 1. The highest BCUT2D eigenvalue weighted by Crippen LogP contribution is 2.31. The number of benzene rings is 2. The van der Waals surface area contributed by atoms with Crippen molar-refractivity contribution in [3.05, 3.63) is 82.6 Å². The minimum atomic E-state index is -0.253. The molecule has 1 fully saturated rings. The number of aryl methyl sites for hydroxylation is 1. The van der Waals surface area contributed by atoms with Crippen molar-refractivity contribution in [2.75, 3.05) is 19.7 Å². The number of rotatable bonds is 6. The average Bonchev–Trinajstić information content (AvgIpc) is 3.33. The van der Waals surface area contributed by atoms with E-state index in [9.17, 15) is 14.4 Å². The minimum Gasteiger partial charge on any atom is -0.466 e. The molecule has 0 aliphatic carbocycles. The lowest BCUT2D eigenvalue weighted by Crippen LogP contribution is -2.43. The van der Waals surface area contributed by atoms with E-state index in [0.717, 1.165) is 27.9 Å². The number of esters is 1. The lowest BCUT2D eigenvalue weighted by Gasteiger charge is -2.31. The molecule has 4 aromatic rings. The largest absolute Gasteiger partial charge is 0.466 e. The van der Waals surface area contributed by atoms with Crippen molar-refractivity contribution >= 4 is 22.9 Å². The predicted octanol–water partition coefficient (Wildman–Crippen LogP) is 3.96. The molecule has 0 atom stereocenters. The normalized spacial score (nSPS) is 14.2. The monoisotopic (exact) mass is 498 g/mol. The van der Waals surface area contributed by atoms with E-state index in [2.05, 4.69) is 0 Å². The summed E-state index contributed by atoms with van der Waals surface area (Å²) in [7, 11) is 0. The van der Waals surface area contributed by atoms with Gasteiger partial charge >= 0.3 is 5.97 Å². The van der Waals surface area contributed by atoms with E-state index in [1.807, 2.05) is 67.6 Å². The third-order valence-corrected chi connectivity index (χ3v) is 6.93. The van der Waals surface area contributed by atoms with Gasteiger partial charge in [-0.25, -0.2) is 4.68 Å². The molecule has 37 heavy (non-hydrogen) atoms. The summed E-state index contributed by atoms with van der Waals surface area (Å²) in [5.74, 6) is -0.548. The maximum absolute atomic E-state index is 13.4. The van der Waals surface area contributed by atoms with Crippen LogP contribution in [-0.2, 0) is 20.9 Å². The van der Waals surface area contributed by atoms with Crippen LogP contribution in [0.25, 0.3) is 28.0 Å². The van der Waals surface area contributed by atoms with E-state index in [-0.39, 0.29) is 29.9 Å². The van der Waals surface area contributed by atoms with Crippen molar-refractivity contribution in [3.63, 3.8) is 0 Å². The third kappa shape index (κ3) is 4.79. The Hall–Kier alpha value is -4.20. The molecule has 5 rings (SSSR count). The summed E-state index contributed by atoms with van der Waals surface area (Å²) >= 11 is 0. The van der Waals surface area contributed by atoms with Gasteiger partial charge in [0.25, 0.3) is 5.56 Å². The third-order valence-electron chi connectivity index (χ3n) is 6.93. The molecule has 0 N–H and O–H groups in total. The molecule has 0 bridgehead atoms. The van der Waals surface area contributed by atoms with Gasteiger partial charge in [-0.05, 0) is 44.4 Å². The number of likely N-dealkylation sites (tertiary alicyclic amines) is 1. The molecule has 0 saturated carbocycles. The molecular formula is C29H30N4O4. The average molecular weight is 499 g/mol. The number of hydrogen-bond acceptors (Lipinski definition) is 5. The van der Waals surface area contributed by atoms with Crippen LogP contribution in [0.4, 0.5) is 0 Å². The highest BCUT2D eigenvalue weighted by molar-refractivity contribution is 5.95. The molecule has 1 saturated heterocycles. The second-order valence-electron chi connectivity index (χ2n) is 9.32. The first-order chi connectivity index (χ1) is 18.0. The fourth-order valence-electron chi connectivity index (χ4n) is 5.02. The van der Waals surface area contributed by atoms with Gasteiger partial charge in [-0.3, -0.25) is 19.0 Å². The second kappa shape index (κ2) is 10.4. The van der Waals surface area contributed by atoms with Crippen molar-refractivity contribution in [1.82, 2.24) is 19.2 Å². The van der Waals surface area contributed by atoms with E-state index in [4.69, 9.17) is 9.84 Å². The van der Waals surface area contributed by atoms with Crippen LogP contribution in [0.2, 0.25) is 0 Å². The number of piperidine rings is 1. The molecule has 1 amide bonds. The molecule has 2 aromatic carbocycles. The summed E-state index contributed by atoms with van der Waals surface area (Å²) in [6.45, 7) is 4.86. The van der Waals surface area contributed by atoms with Crippen LogP contribution in [0.3, 0.4) is 0 Å². The van der Waals surface area contributed by atoms with Gasteiger partial charge in [-0.2, -0.15) is 5.10 Å². The minimum absolute atomic E-state index is 0.105. The van der Waals surface area contributed by atoms with E-state index in [1.54, 1.807) is 22.6 Å². The summed E-state index contributed by atoms with van der Waals surface area (Å²) in [5, 5.41) is 5.78. The van der Waals surface area contributed by atoms with Gasteiger partial charge in [0.15, 0.2) is 0 Å². The van der Waals surface area contributed by atoms with Gasteiger partial charge in [0, 0.05) is 30.1 Å². The number of pyridine rings is 1. The molecule has 8 nitrogen and oxygen atoms in total. The summed E-state index contributed by atoms with van der Waals surface area (Å²) in [6.07, 6.45) is 1.12. The van der Waals surface area contributed by atoms with Crippen LogP contribution < -0.4 is 5.56 Å². The molecule has 1 aliphatic rings. The molecule has 0 unspecified atom stereocenters. The lowest BCUT2D eigenvalue weighted by molar-refractivity contribution is -0.151. The molecule has 0 spiro atoms. The van der Waals surface area contributed by atoms with Crippen molar-refractivity contribution in [3.8, 4) is 16.9 Å². The number of fused-ring (bicyclic) bond motifs is 1. The number of amides is 1. The van der Waals surface area contributed by atoms with E-state index in [0.29, 0.717) is 38.2 Å². The zero-order chi connectivity index (χ0) is 25.9. The SMILES string of the molecule is CCOC(=O)C1CCN(C(=O)Cn2c(=O)cc(C)c3c(-c4ccccc4)nn(-c4ccccc4)c32)CC1. The van der Waals surface area contributed by atoms with Crippen LogP contribution in [0.5, 0.6) is 0 Å². The maximum Gasteiger partial charge on any atom is 0.309 e. The van der Waals surface area contributed by atoms with Gasteiger partial charge in [-0.15, -0.1) is 0 Å². The van der Waals surface area contributed by atoms with Crippen LogP contribution in [0.1, 0.15) is 25.3 Å². The molecule has 1 aliphatic heterocycles.